The van der Waals surface area contributed by atoms with Crippen molar-refractivity contribution in [3.8, 4) is 0 Å². The Balaban J connectivity index is 1.77. The highest BCUT2D eigenvalue weighted by Gasteiger charge is 2.37. The van der Waals surface area contributed by atoms with Crippen LogP contribution in [-0.4, -0.2) is 16.5 Å². The summed E-state index contributed by atoms with van der Waals surface area (Å²) in [7, 11) is 0. The lowest BCUT2D eigenvalue weighted by Gasteiger charge is -2.12. The average Bonchev–Trinajstić information content (AvgIpc) is 2.80. The molecule has 3 heteroatoms. The molecule has 1 heterocycles. The van der Waals surface area contributed by atoms with Crippen molar-refractivity contribution in [3.63, 3.8) is 0 Å². The highest BCUT2D eigenvalue weighted by molar-refractivity contribution is 5.48. The topological polar surface area (TPSA) is 37.8 Å². The molecular formula is C12H17N3. The minimum atomic E-state index is 0.538. The molecule has 80 valence electrons. The molecule has 3 nitrogen and oxygen atoms in total. The van der Waals surface area contributed by atoms with Crippen molar-refractivity contribution >= 4 is 5.82 Å². The predicted molar refractivity (Wildman–Crippen MR) is 59.9 cm³/mol. The van der Waals surface area contributed by atoms with E-state index in [1.54, 1.807) is 6.33 Å². The van der Waals surface area contributed by atoms with Crippen LogP contribution >= 0.6 is 0 Å². The van der Waals surface area contributed by atoms with E-state index in [-0.39, 0.29) is 0 Å². The molecule has 2 aliphatic rings. The van der Waals surface area contributed by atoms with Gasteiger partial charge in [-0.3, -0.25) is 0 Å². The summed E-state index contributed by atoms with van der Waals surface area (Å²) >= 11 is 0. The van der Waals surface area contributed by atoms with Crippen molar-refractivity contribution in [2.45, 2.75) is 39.0 Å². The first kappa shape index (κ1) is 9.13. The first-order valence-electron chi connectivity index (χ1n) is 5.83. The summed E-state index contributed by atoms with van der Waals surface area (Å²) in [6.45, 7) is 3.40. The maximum Gasteiger partial charge on any atom is 0.132 e. The average molecular weight is 203 g/mol. The van der Waals surface area contributed by atoms with Crippen molar-refractivity contribution in [3.05, 3.63) is 17.6 Å². The molecule has 0 saturated heterocycles. The summed E-state index contributed by atoms with van der Waals surface area (Å²) in [5, 5.41) is 3.50. The highest BCUT2D eigenvalue weighted by atomic mass is 15.0. The lowest BCUT2D eigenvalue weighted by atomic mass is 10.1. The Hall–Kier alpha value is -1.12. The molecule has 0 amide bonds. The fourth-order valence-electron chi connectivity index (χ4n) is 2.20. The van der Waals surface area contributed by atoms with E-state index in [1.165, 1.54) is 30.5 Å². The molecule has 0 aromatic carbocycles. The molecule has 1 fully saturated rings. The number of hydrogen-bond acceptors (Lipinski definition) is 3. The van der Waals surface area contributed by atoms with E-state index < -0.39 is 0 Å². The van der Waals surface area contributed by atoms with Crippen molar-refractivity contribution in [1.29, 1.82) is 0 Å². The van der Waals surface area contributed by atoms with Gasteiger partial charge in [-0.2, -0.15) is 0 Å². The second-order valence-electron chi connectivity index (χ2n) is 5.17. The number of aromatic nitrogens is 2. The van der Waals surface area contributed by atoms with E-state index in [2.05, 4.69) is 22.2 Å². The lowest BCUT2D eigenvalue weighted by molar-refractivity contribution is 0.608. The summed E-state index contributed by atoms with van der Waals surface area (Å²) < 4.78 is 0. The van der Waals surface area contributed by atoms with Gasteiger partial charge in [0.1, 0.15) is 12.1 Å². The van der Waals surface area contributed by atoms with Crippen LogP contribution in [-0.2, 0) is 12.8 Å². The molecule has 0 unspecified atom stereocenters. The van der Waals surface area contributed by atoms with Gasteiger partial charge >= 0.3 is 0 Å². The van der Waals surface area contributed by atoms with E-state index in [4.69, 9.17) is 0 Å². The third kappa shape index (κ3) is 1.71. The fourth-order valence-corrected chi connectivity index (χ4v) is 2.20. The third-order valence-electron chi connectivity index (χ3n) is 3.66. The van der Waals surface area contributed by atoms with Gasteiger partial charge in [0, 0.05) is 17.8 Å². The van der Waals surface area contributed by atoms with Crippen LogP contribution in [0.3, 0.4) is 0 Å². The number of nitrogens with zero attached hydrogens (tertiary/aromatic N) is 2. The standard InChI is InChI=1S/C12H17N3/c1-12(5-6-12)7-13-11-9-3-2-4-10(9)14-8-15-11/h8H,2-7H2,1H3,(H,13,14,15). The van der Waals surface area contributed by atoms with Crippen molar-refractivity contribution in [2.75, 3.05) is 11.9 Å². The molecule has 0 radical (unpaired) electrons. The number of rotatable bonds is 3. The molecule has 1 N–H and O–H groups in total. The molecule has 1 aromatic rings. The summed E-state index contributed by atoms with van der Waals surface area (Å²) in [5.74, 6) is 1.09. The number of anilines is 1. The summed E-state index contributed by atoms with van der Waals surface area (Å²) in [6.07, 6.45) is 7.92. The molecule has 1 aromatic heterocycles. The van der Waals surface area contributed by atoms with Gasteiger partial charge < -0.3 is 5.32 Å². The van der Waals surface area contributed by atoms with Crippen LogP contribution in [0, 0.1) is 5.41 Å². The van der Waals surface area contributed by atoms with Gasteiger partial charge in [0.2, 0.25) is 0 Å². The summed E-state index contributed by atoms with van der Waals surface area (Å²) in [4.78, 5) is 8.69. The van der Waals surface area contributed by atoms with Gasteiger partial charge in [0.25, 0.3) is 0 Å². The van der Waals surface area contributed by atoms with Crippen LogP contribution < -0.4 is 5.32 Å². The number of fused-ring (bicyclic) bond motifs is 1. The van der Waals surface area contributed by atoms with E-state index in [0.29, 0.717) is 5.41 Å². The van der Waals surface area contributed by atoms with Crippen LogP contribution in [0.2, 0.25) is 0 Å². The zero-order valence-electron chi connectivity index (χ0n) is 9.21. The minimum absolute atomic E-state index is 0.538. The number of nitrogens with one attached hydrogen (secondary N) is 1. The molecule has 0 aliphatic heterocycles. The number of aryl methyl sites for hydroxylation is 1. The quantitative estimate of drug-likeness (QED) is 0.818. The maximum absolute atomic E-state index is 4.36. The SMILES string of the molecule is CC1(CNc2ncnc3c2CCC3)CC1. The van der Waals surface area contributed by atoms with E-state index >= 15 is 0 Å². The van der Waals surface area contributed by atoms with Crippen LogP contribution in [0.25, 0.3) is 0 Å². The first-order valence-corrected chi connectivity index (χ1v) is 5.83. The molecule has 0 atom stereocenters. The summed E-state index contributed by atoms with van der Waals surface area (Å²) in [6, 6.07) is 0. The maximum atomic E-state index is 4.36. The molecule has 0 spiro atoms. The van der Waals surface area contributed by atoms with Gasteiger partial charge in [-0.15, -0.1) is 0 Å². The molecule has 3 rings (SSSR count). The Morgan fingerprint density at radius 2 is 2.20 bits per heavy atom. The van der Waals surface area contributed by atoms with E-state index in [0.717, 1.165) is 25.2 Å². The van der Waals surface area contributed by atoms with E-state index in [1.807, 2.05) is 0 Å². The van der Waals surface area contributed by atoms with Gasteiger partial charge in [0.15, 0.2) is 0 Å². The normalized spacial score (nSPS) is 21.1. The Labute approximate surface area is 90.3 Å². The predicted octanol–water partition coefficient (Wildman–Crippen LogP) is 2.18. The Kier molecular flexibility index (Phi) is 1.94. The summed E-state index contributed by atoms with van der Waals surface area (Å²) in [5.41, 5.74) is 3.16. The van der Waals surface area contributed by atoms with Gasteiger partial charge in [-0.25, -0.2) is 9.97 Å². The molecule has 0 bridgehead atoms. The Bertz CT molecular complexity index is 382. The van der Waals surface area contributed by atoms with E-state index in [9.17, 15) is 0 Å². The van der Waals surface area contributed by atoms with Gasteiger partial charge in [-0.05, 0) is 37.5 Å². The zero-order valence-corrected chi connectivity index (χ0v) is 9.21. The smallest absolute Gasteiger partial charge is 0.132 e. The molecular weight excluding hydrogens is 186 g/mol. The highest BCUT2D eigenvalue weighted by Crippen LogP contribution is 2.44. The van der Waals surface area contributed by atoms with Crippen LogP contribution in [0.4, 0.5) is 5.82 Å². The van der Waals surface area contributed by atoms with Gasteiger partial charge in [0.05, 0.1) is 0 Å². The van der Waals surface area contributed by atoms with Gasteiger partial charge in [-0.1, -0.05) is 6.92 Å². The van der Waals surface area contributed by atoms with Crippen LogP contribution in [0.1, 0.15) is 37.4 Å². The Morgan fingerprint density at radius 1 is 1.33 bits per heavy atom. The number of hydrogen-bond donors (Lipinski definition) is 1. The largest absolute Gasteiger partial charge is 0.369 e. The Morgan fingerprint density at radius 3 is 3.00 bits per heavy atom. The molecule has 15 heavy (non-hydrogen) atoms. The fraction of sp³-hybridized carbons (Fsp3) is 0.667. The van der Waals surface area contributed by atoms with Crippen molar-refractivity contribution in [2.24, 2.45) is 5.41 Å². The second-order valence-corrected chi connectivity index (χ2v) is 5.17. The first-order chi connectivity index (χ1) is 7.27. The van der Waals surface area contributed by atoms with Crippen LogP contribution in [0.15, 0.2) is 6.33 Å². The minimum Gasteiger partial charge on any atom is -0.369 e. The molecule has 1 saturated carbocycles. The lowest BCUT2D eigenvalue weighted by Crippen LogP contribution is -2.14. The van der Waals surface area contributed by atoms with Crippen molar-refractivity contribution in [1.82, 2.24) is 9.97 Å². The second kappa shape index (κ2) is 3.19. The van der Waals surface area contributed by atoms with Crippen LogP contribution in [0.5, 0.6) is 0 Å². The van der Waals surface area contributed by atoms with Crippen molar-refractivity contribution < 1.29 is 0 Å². The third-order valence-corrected chi connectivity index (χ3v) is 3.66. The monoisotopic (exact) mass is 203 g/mol. The zero-order chi connectivity index (χ0) is 10.3. The molecule has 2 aliphatic carbocycles.